The molecule has 3 aliphatic heterocycles. The summed E-state index contributed by atoms with van der Waals surface area (Å²) in [6, 6.07) is 16.2. The Kier molecular flexibility index (Phi) is 5.19. The molecule has 0 aliphatic carbocycles. The molecule has 3 heterocycles. The van der Waals surface area contributed by atoms with Gasteiger partial charge in [0.2, 0.25) is 5.91 Å². The average molecular weight is 418 g/mol. The molecule has 3 aliphatic rings. The van der Waals surface area contributed by atoms with Crippen LogP contribution in [0, 0.1) is 0 Å². The van der Waals surface area contributed by atoms with E-state index >= 15 is 0 Å². The van der Waals surface area contributed by atoms with Gasteiger partial charge in [-0.05, 0) is 54.6 Å². The SMILES string of the molecule is O=C1CCN(N2Cc3cc(CN4CCC(c5ccccc5)CC4)ccc3C2=O)C(=O)N1. The molecule has 7 heteroatoms. The summed E-state index contributed by atoms with van der Waals surface area (Å²) in [5, 5.41) is 5.07. The van der Waals surface area contributed by atoms with Crippen LogP contribution in [-0.4, -0.2) is 52.4 Å². The minimum absolute atomic E-state index is 0.185. The number of rotatable bonds is 4. The van der Waals surface area contributed by atoms with Crippen LogP contribution in [0.25, 0.3) is 0 Å². The second-order valence-corrected chi connectivity index (χ2v) is 8.54. The third kappa shape index (κ3) is 3.93. The molecular weight excluding hydrogens is 392 g/mol. The fourth-order valence-corrected chi connectivity index (χ4v) is 4.85. The minimum atomic E-state index is -0.529. The fourth-order valence-electron chi connectivity index (χ4n) is 4.85. The number of nitrogens with one attached hydrogen (secondary N) is 1. The minimum Gasteiger partial charge on any atom is -0.299 e. The number of urea groups is 1. The van der Waals surface area contributed by atoms with Crippen molar-refractivity contribution < 1.29 is 14.4 Å². The van der Waals surface area contributed by atoms with E-state index in [0.29, 0.717) is 18.0 Å². The average Bonchev–Trinajstić information content (AvgIpc) is 3.10. The maximum atomic E-state index is 12.8. The lowest BCUT2D eigenvalue weighted by Gasteiger charge is -2.33. The zero-order valence-electron chi connectivity index (χ0n) is 17.4. The van der Waals surface area contributed by atoms with Gasteiger partial charge in [-0.1, -0.05) is 42.5 Å². The van der Waals surface area contributed by atoms with E-state index in [1.165, 1.54) is 21.1 Å². The third-order valence-electron chi connectivity index (χ3n) is 6.54. The molecule has 0 aromatic heterocycles. The van der Waals surface area contributed by atoms with Gasteiger partial charge < -0.3 is 0 Å². The lowest BCUT2D eigenvalue weighted by Crippen LogP contribution is -2.56. The number of hydrogen-bond donors (Lipinski definition) is 1. The molecule has 0 atom stereocenters. The van der Waals surface area contributed by atoms with Gasteiger partial charge in [0.1, 0.15) is 0 Å². The van der Waals surface area contributed by atoms with E-state index in [1.807, 2.05) is 12.1 Å². The van der Waals surface area contributed by atoms with Crippen LogP contribution in [0.4, 0.5) is 4.79 Å². The molecule has 0 saturated carbocycles. The number of fused-ring (bicyclic) bond motifs is 1. The van der Waals surface area contributed by atoms with Gasteiger partial charge in [0.15, 0.2) is 0 Å². The molecule has 160 valence electrons. The second-order valence-electron chi connectivity index (χ2n) is 8.54. The highest BCUT2D eigenvalue weighted by Crippen LogP contribution is 2.30. The van der Waals surface area contributed by atoms with Gasteiger partial charge in [-0.2, -0.15) is 0 Å². The molecule has 7 nitrogen and oxygen atoms in total. The van der Waals surface area contributed by atoms with Crippen molar-refractivity contribution in [3.8, 4) is 0 Å². The first-order chi connectivity index (χ1) is 15.1. The number of benzene rings is 2. The van der Waals surface area contributed by atoms with Gasteiger partial charge in [0.05, 0.1) is 13.1 Å². The Labute approximate surface area is 181 Å². The summed E-state index contributed by atoms with van der Waals surface area (Å²) in [5.41, 5.74) is 4.19. The summed E-state index contributed by atoms with van der Waals surface area (Å²) >= 11 is 0. The summed E-state index contributed by atoms with van der Waals surface area (Å²) in [4.78, 5) is 38.8. The first-order valence-electron chi connectivity index (χ1n) is 10.9. The standard InChI is InChI=1S/C24H26N4O3/c29-22-10-13-27(24(31)25-22)28-16-20-14-17(6-7-21(20)23(28)30)15-26-11-8-19(9-12-26)18-4-2-1-3-5-18/h1-7,14,19H,8-13,15-16H2,(H,25,29,31). The highest BCUT2D eigenvalue weighted by atomic mass is 16.2. The van der Waals surface area contributed by atoms with E-state index < -0.39 is 6.03 Å². The zero-order chi connectivity index (χ0) is 21.4. The molecule has 2 aromatic rings. The van der Waals surface area contributed by atoms with E-state index in [9.17, 15) is 14.4 Å². The fraction of sp³-hybridized carbons (Fsp3) is 0.375. The smallest absolute Gasteiger partial charge is 0.299 e. The van der Waals surface area contributed by atoms with Gasteiger partial charge in [-0.3, -0.25) is 19.8 Å². The van der Waals surface area contributed by atoms with Gasteiger partial charge in [-0.15, -0.1) is 0 Å². The first kappa shape index (κ1) is 19.8. The summed E-state index contributed by atoms with van der Waals surface area (Å²) in [5.74, 6) is 0.143. The second kappa shape index (κ2) is 8.15. The van der Waals surface area contributed by atoms with Crippen LogP contribution in [0.5, 0.6) is 0 Å². The van der Waals surface area contributed by atoms with Crippen molar-refractivity contribution in [1.29, 1.82) is 0 Å². The maximum absolute atomic E-state index is 12.8. The van der Waals surface area contributed by atoms with Gasteiger partial charge in [-0.25, -0.2) is 14.8 Å². The van der Waals surface area contributed by atoms with Gasteiger partial charge in [0, 0.05) is 18.5 Å². The topological polar surface area (TPSA) is 73.0 Å². The Balaban J connectivity index is 1.22. The molecule has 31 heavy (non-hydrogen) atoms. The quantitative estimate of drug-likeness (QED) is 0.829. The molecule has 0 unspecified atom stereocenters. The Morgan fingerprint density at radius 3 is 2.42 bits per heavy atom. The largest absolute Gasteiger partial charge is 0.342 e. The first-order valence-corrected chi connectivity index (χ1v) is 10.9. The van der Waals surface area contributed by atoms with Crippen LogP contribution < -0.4 is 5.32 Å². The number of carbonyl (C=O) groups excluding carboxylic acids is 3. The number of carbonyl (C=O) groups is 3. The van der Waals surface area contributed by atoms with E-state index in [-0.39, 0.29) is 24.8 Å². The van der Waals surface area contributed by atoms with Crippen molar-refractivity contribution in [3.05, 3.63) is 70.8 Å². The molecule has 4 amide bonds. The van der Waals surface area contributed by atoms with E-state index in [1.54, 1.807) is 0 Å². The number of piperidine rings is 1. The van der Waals surface area contributed by atoms with Gasteiger partial charge >= 0.3 is 6.03 Å². The zero-order valence-corrected chi connectivity index (χ0v) is 17.4. The lowest BCUT2D eigenvalue weighted by atomic mass is 9.89. The number of hydrogen-bond acceptors (Lipinski definition) is 4. The molecule has 0 bridgehead atoms. The van der Waals surface area contributed by atoms with Crippen molar-refractivity contribution in [2.24, 2.45) is 0 Å². The molecule has 2 aromatic carbocycles. The predicted octanol–water partition coefficient (Wildman–Crippen LogP) is 2.88. The summed E-state index contributed by atoms with van der Waals surface area (Å²) < 4.78 is 0. The van der Waals surface area contributed by atoms with Crippen LogP contribution in [0.2, 0.25) is 0 Å². The normalized spacial score (nSPS) is 20.2. The molecule has 2 fully saturated rings. The monoisotopic (exact) mass is 418 g/mol. The van der Waals surface area contributed by atoms with E-state index in [0.717, 1.165) is 38.0 Å². The van der Waals surface area contributed by atoms with Crippen LogP contribution in [0.3, 0.4) is 0 Å². The molecular formula is C24H26N4O3. The summed E-state index contributed by atoms with van der Waals surface area (Å²) in [6.07, 6.45) is 2.52. The van der Waals surface area contributed by atoms with Crippen molar-refractivity contribution in [2.75, 3.05) is 19.6 Å². The third-order valence-corrected chi connectivity index (χ3v) is 6.54. The Bertz CT molecular complexity index is 1010. The number of imide groups is 1. The highest BCUT2D eigenvalue weighted by molar-refractivity contribution is 6.01. The number of likely N-dealkylation sites (tertiary alicyclic amines) is 1. The van der Waals surface area contributed by atoms with Crippen molar-refractivity contribution in [3.63, 3.8) is 0 Å². The molecule has 0 radical (unpaired) electrons. The summed E-state index contributed by atoms with van der Waals surface area (Å²) in [7, 11) is 0. The summed E-state index contributed by atoms with van der Waals surface area (Å²) in [6.45, 7) is 3.57. The van der Waals surface area contributed by atoms with Gasteiger partial charge in [0.25, 0.3) is 5.91 Å². The highest BCUT2D eigenvalue weighted by Gasteiger charge is 2.37. The molecule has 5 rings (SSSR count). The van der Waals surface area contributed by atoms with E-state index in [2.05, 4.69) is 46.6 Å². The van der Waals surface area contributed by atoms with Crippen LogP contribution >= 0.6 is 0 Å². The predicted molar refractivity (Wildman–Crippen MR) is 115 cm³/mol. The lowest BCUT2D eigenvalue weighted by molar-refractivity contribution is -0.123. The van der Waals surface area contributed by atoms with Crippen molar-refractivity contribution >= 4 is 17.8 Å². The van der Waals surface area contributed by atoms with Crippen LogP contribution in [0.15, 0.2) is 48.5 Å². The molecule has 1 N–H and O–H groups in total. The van der Waals surface area contributed by atoms with Crippen LogP contribution in [-0.2, 0) is 17.9 Å². The van der Waals surface area contributed by atoms with Crippen molar-refractivity contribution in [2.45, 2.75) is 38.3 Å². The Morgan fingerprint density at radius 2 is 1.68 bits per heavy atom. The number of amides is 4. The van der Waals surface area contributed by atoms with E-state index in [4.69, 9.17) is 0 Å². The van der Waals surface area contributed by atoms with Crippen LogP contribution in [0.1, 0.15) is 52.2 Å². The Morgan fingerprint density at radius 1 is 0.903 bits per heavy atom. The maximum Gasteiger partial charge on any atom is 0.342 e. The number of hydrazine groups is 1. The molecule has 2 saturated heterocycles. The Hall–Kier alpha value is -3.19. The molecule has 0 spiro atoms. The number of nitrogens with zero attached hydrogens (tertiary/aromatic N) is 3. The van der Waals surface area contributed by atoms with Crippen molar-refractivity contribution in [1.82, 2.24) is 20.2 Å².